The Bertz CT molecular complexity index is 859. The van der Waals surface area contributed by atoms with Gasteiger partial charge >= 0.3 is 0 Å². The van der Waals surface area contributed by atoms with Crippen molar-refractivity contribution in [3.63, 3.8) is 0 Å². The molecule has 0 spiro atoms. The molecule has 0 bridgehead atoms. The van der Waals surface area contributed by atoms with Crippen LogP contribution in [0.3, 0.4) is 0 Å². The van der Waals surface area contributed by atoms with Gasteiger partial charge in [-0.2, -0.15) is 5.26 Å². The summed E-state index contributed by atoms with van der Waals surface area (Å²) < 4.78 is 25.9. The first-order valence-electron chi connectivity index (χ1n) is 8.59. The summed E-state index contributed by atoms with van der Waals surface area (Å²) >= 11 is 0. The summed E-state index contributed by atoms with van der Waals surface area (Å²) in [5, 5.41) is 12.4. The van der Waals surface area contributed by atoms with Crippen LogP contribution in [-0.4, -0.2) is 37.6 Å². The van der Waals surface area contributed by atoms with Crippen molar-refractivity contribution in [2.75, 3.05) is 13.1 Å². The number of nitriles is 1. The highest BCUT2D eigenvalue weighted by Crippen LogP contribution is 2.21. The van der Waals surface area contributed by atoms with E-state index < -0.39 is 28.4 Å². The van der Waals surface area contributed by atoms with E-state index in [4.69, 9.17) is 16.5 Å². The average Bonchev–Trinajstić information content (AvgIpc) is 2.67. The van der Waals surface area contributed by atoms with Crippen molar-refractivity contribution in [2.45, 2.75) is 37.0 Å². The standard InChI is InChI=1S/C17H22N6O4S/c18-10-12-23(28(26,27)15-6-2-1-3-7-15)17(25)9-8-14(13-16(19)24)5-4-11-21-22-20/h1-3,6-7,14H,4-5,8-9,11-13H2,(H2,19,24). The van der Waals surface area contributed by atoms with Crippen LogP contribution in [0, 0.1) is 17.2 Å². The molecule has 0 saturated carbocycles. The van der Waals surface area contributed by atoms with Crippen LogP contribution in [0.15, 0.2) is 40.3 Å². The molecule has 150 valence electrons. The third-order valence-electron chi connectivity index (χ3n) is 4.01. The van der Waals surface area contributed by atoms with Gasteiger partial charge in [0.1, 0.15) is 6.54 Å². The summed E-state index contributed by atoms with van der Waals surface area (Å²) in [6, 6.07) is 9.07. The average molecular weight is 406 g/mol. The number of azide groups is 1. The number of sulfonamides is 1. The van der Waals surface area contributed by atoms with E-state index in [9.17, 15) is 18.0 Å². The number of rotatable bonds is 12. The number of carbonyl (C=O) groups excluding carboxylic acids is 2. The Hall–Kier alpha value is -3.09. The van der Waals surface area contributed by atoms with E-state index in [0.717, 1.165) is 0 Å². The van der Waals surface area contributed by atoms with E-state index in [1.807, 2.05) is 0 Å². The van der Waals surface area contributed by atoms with Gasteiger partial charge in [0.2, 0.25) is 11.8 Å². The second-order valence-electron chi connectivity index (χ2n) is 6.05. The van der Waals surface area contributed by atoms with E-state index in [2.05, 4.69) is 10.0 Å². The minimum atomic E-state index is -4.14. The van der Waals surface area contributed by atoms with Gasteiger partial charge in [0, 0.05) is 24.3 Å². The molecular weight excluding hydrogens is 384 g/mol. The quantitative estimate of drug-likeness (QED) is 0.184. The molecule has 2 N–H and O–H groups in total. The molecule has 0 saturated heterocycles. The van der Waals surface area contributed by atoms with Crippen molar-refractivity contribution >= 4 is 21.8 Å². The van der Waals surface area contributed by atoms with E-state index in [1.54, 1.807) is 12.1 Å². The summed E-state index contributed by atoms with van der Waals surface area (Å²) in [6.07, 6.45) is 1.12. The number of amides is 2. The molecule has 1 aromatic carbocycles. The Morgan fingerprint density at radius 3 is 2.54 bits per heavy atom. The molecule has 0 radical (unpaired) electrons. The van der Waals surface area contributed by atoms with Crippen molar-refractivity contribution in [1.82, 2.24) is 4.31 Å². The maximum absolute atomic E-state index is 12.7. The second kappa shape index (κ2) is 11.6. The van der Waals surface area contributed by atoms with Gasteiger partial charge in [0.25, 0.3) is 10.0 Å². The number of hydrogen-bond donors (Lipinski definition) is 1. The van der Waals surface area contributed by atoms with Crippen LogP contribution in [0.2, 0.25) is 0 Å². The predicted molar refractivity (Wildman–Crippen MR) is 101 cm³/mol. The summed E-state index contributed by atoms with van der Waals surface area (Å²) in [5.41, 5.74) is 13.5. The van der Waals surface area contributed by atoms with Gasteiger partial charge in [-0.15, -0.1) is 0 Å². The van der Waals surface area contributed by atoms with E-state index in [-0.39, 0.29) is 36.6 Å². The molecule has 10 nitrogen and oxygen atoms in total. The van der Waals surface area contributed by atoms with Crippen LogP contribution in [0.25, 0.3) is 10.4 Å². The number of carbonyl (C=O) groups is 2. The highest BCUT2D eigenvalue weighted by atomic mass is 32.2. The van der Waals surface area contributed by atoms with Crippen LogP contribution in [0.1, 0.15) is 32.1 Å². The molecule has 0 aliphatic carbocycles. The smallest absolute Gasteiger partial charge is 0.267 e. The van der Waals surface area contributed by atoms with Crippen LogP contribution in [-0.2, 0) is 19.6 Å². The molecule has 1 atom stereocenters. The molecule has 1 unspecified atom stereocenters. The Kier molecular flexibility index (Phi) is 9.50. The van der Waals surface area contributed by atoms with Gasteiger partial charge in [-0.25, -0.2) is 12.7 Å². The Balaban J connectivity index is 2.85. The van der Waals surface area contributed by atoms with Crippen molar-refractivity contribution in [3.05, 3.63) is 40.8 Å². The van der Waals surface area contributed by atoms with E-state index in [1.165, 1.54) is 24.3 Å². The summed E-state index contributed by atoms with van der Waals surface area (Å²) in [7, 11) is -4.14. The Morgan fingerprint density at radius 2 is 1.96 bits per heavy atom. The fraction of sp³-hybridized carbons (Fsp3) is 0.471. The van der Waals surface area contributed by atoms with Gasteiger partial charge in [-0.3, -0.25) is 9.59 Å². The zero-order chi connectivity index (χ0) is 21.0. The normalized spacial score (nSPS) is 11.7. The third kappa shape index (κ3) is 7.26. The van der Waals surface area contributed by atoms with Gasteiger partial charge in [-0.1, -0.05) is 23.3 Å². The van der Waals surface area contributed by atoms with Crippen LogP contribution in [0.5, 0.6) is 0 Å². The molecule has 0 aromatic heterocycles. The summed E-state index contributed by atoms with van der Waals surface area (Å²) in [6.45, 7) is -0.351. The summed E-state index contributed by atoms with van der Waals surface area (Å²) in [4.78, 5) is 26.3. The second-order valence-corrected chi connectivity index (χ2v) is 7.91. The number of hydrogen-bond acceptors (Lipinski definition) is 6. The molecule has 1 aromatic rings. The molecule has 2 amide bonds. The first-order valence-corrected chi connectivity index (χ1v) is 10.0. The first-order chi connectivity index (χ1) is 13.3. The lowest BCUT2D eigenvalue weighted by atomic mass is 9.93. The van der Waals surface area contributed by atoms with E-state index in [0.29, 0.717) is 17.1 Å². The van der Waals surface area contributed by atoms with Crippen molar-refractivity contribution in [2.24, 2.45) is 16.8 Å². The van der Waals surface area contributed by atoms with Crippen molar-refractivity contribution in [3.8, 4) is 6.07 Å². The minimum Gasteiger partial charge on any atom is -0.370 e. The zero-order valence-corrected chi connectivity index (χ0v) is 16.1. The molecule has 0 aliphatic rings. The van der Waals surface area contributed by atoms with Gasteiger partial charge in [0.15, 0.2) is 0 Å². The molecule has 0 fully saturated rings. The van der Waals surface area contributed by atoms with Crippen LogP contribution >= 0.6 is 0 Å². The van der Waals surface area contributed by atoms with Crippen molar-refractivity contribution < 1.29 is 18.0 Å². The highest BCUT2D eigenvalue weighted by Gasteiger charge is 2.29. The zero-order valence-electron chi connectivity index (χ0n) is 15.3. The largest absolute Gasteiger partial charge is 0.370 e. The minimum absolute atomic E-state index is 0.0350. The van der Waals surface area contributed by atoms with Crippen LogP contribution in [0.4, 0.5) is 0 Å². The lowest BCUT2D eigenvalue weighted by molar-refractivity contribution is -0.127. The number of nitrogens with zero attached hydrogens (tertiary/aromatic N) is 5. The molecule has 1 rings (SSSR count). The maximum Gasteiger partial charge on any atom is 0.267 e. The SMILES string of the molecule is N#CCN(C(=O)CCC(CCCN=[N+]=[N-])CC(N)=O)S(=O)(=O)c1ccccc1. The molecular formula is C17H22N6O4S. The molecule has 28 heavy (non-hydrogen) atoms. The molecule has 11 heteroatoms. The number of benzene rings is 1. The van der Waals surface area contributed by atoms with Crippen LogP contribution < -0.4 is 5.73 Å². The monoisotopic (exact) mass is 406 g/mol. The highest BCUT2D eigenvalue weighted by molar-refractivity contribution is 7.89. The Morgan fingerprint density at radius 1 is 1.29 bits per heavy atom. The fourth-order valence-electron chi connectivity index (χ4n) is 2.67. The number of primary amides is 1. The topological polar surface area (TPSA) is 170 Å². The number of nitrogens with two attached hydrogens (primary N) is 1. The van der Waals surface area contributed by atoms with Gasteiger partial charge < -0.3 is 5.73 Å². The fourth-order valence-corrected chi connectivity index (χ4v) is 4.01. The Labute approximate surface area is 163 Å². The van der Waals surface area contributed by atoms with Crippen molar-refractivity contribution in [1.29, 1.82) is 5.26 Å². The maximum atomic E-state index is 12.7. The lowest BCUT2D eigenvalue weighted by Crippen LogP contribution is -2.37. The first kappa shape index (κ1) is 23.0. The molecule has 0 aliphatic heterocycles. The van der Waals surface area contributed by atoms with E-state index >= 15 is 0 Å². The third-order valence-corrected chi connectivity index (χ3v) is 5.79. The predicted octanol–water partition coefficient (Wildman–Crippen LogP) is 2.09. The summed E-state index contributed by atoms with van der Waals surface area (Å²) in [5.74, 6) is -1.51. The lowest BCUT2D eigenvalue weighted by Gasteiger charge is -2.21. The molecule has 0 heterocycles. The van der Waals surface area contributed by atoms with Gasteiger partial charge in [0.05, 0.1) is 11.0 Å². The van der Waals surface area contributed by atoms with Gasteiger partial charge in [-0.05, 0) is 42.8 Å².